The number of nitrogens with two attached hydrogens (primary N) is 7. The monoisotopic (exact) mass is 1570 g/mol. The summed E-state index contributed by atoms with van der Waals surface area (Å²) in [4.78, 5) is 202. The van der Waals surface area contributed by atoms with Gasteiger partial charge < -0.3 is 119 Å². The molecule has 13 amide bonds. The molecule has 0 radical (unpaired) electrons. The van der Waals surface area contributed by atoms with Gasteiger partial charge in [0.15, 0.2) is 18.0 Å². The number of benzene rings is 3. The number of hydrogen-bond acceptors (Lipinski definition) is 20. The van der Waals surface area contributed by atoms with Crippen molar-refractivity contribution in [3.8, 4) is 5.75 Å². The lowest BCUT2D eigenvalue weighted by atomic mass is 9.98. The van der Waals surface area contributed by atoms with Gasteiger partial charge in [-0.3, -0.25) is 72.3 Å². The lowest BCUT2D eigenvalue weighted by Crippen LogP contribution is -2.62. The second-order valence-corrected chi connectivity index (χ2v) is 28.2. The Kier molecular flexibility index (Phi) is 41.9. The topological polar surface area (TPSA) is 651 Å². The number of aliphatic hydroxyl groups is 1. The first-order valence-electron chi connectivity index (χ1n) is 37.1. The van der Waals surface area contributed by atoms with Gasteiger partial charge in [-0.05, 0) is 124 Å². The summed E-state index contributed by atoms with van der Waals surface area (Å²) >= 11 is 0. The summed E-state index contributed by atoms with van der Waals surface area (Å²) in [7, 11) is 0. The van der Waals surface area contributed by atoms with Crippen molar-refractivity contribution in [1.29, 1.82) is 0 Å². The maximum Gasteiger partial charge on any atom is 0.328 e. The Morgan fingerprint density at radius 2 is 0.777 bits per heavy atom. The third kappa shape index (κ3) is 36.3. The van der Waals surface area contributed by atoms with E-state index in [9.17, 15) is 82.4 Å². The maximum atomic E-state index is 14.9. The first kappa shape index (κ1) is 94.7. The quantitative estimate of drug-likeness (QED) is 0.0143. The van der Waals surface area contributed by atoms with Gasteiger partial charge in [0, 0.05) is 32.4 Å². The molecule has 0 spiro atoms. The van der Waals surface area contributed by atoms with Crippen molar-refractivity contribution in [3.63, 3.8) is 0 Å². The molecule has 29 N–H and O–H groups in total. The number of hydrogen-bond donors (Lipinski definition) is 22. The van der Waals surface area contributed by atoms with Gasteiger partial charge in [0.2, 0.25) is 76.8 Å². The zero-order valence-corrected chi connectivity index (χ0v) is 64.5. The van der Waals surface area contributed by atoms with Crippen molar-refractivity contribution in [2.24, 2.45) is 67.9 Å². The van der Waals surface area contributed by atoms with Crippen LogP contribution in [0.1, 0.15) is 129 Å². The van der Waals surface area contributed by atoms with Crippen LogP contribution in [0.25, 0.3) is 0 Å². The minimum Gasteiger partial charge on any atom is -0.508 e. The number of guanidine groups is 2. The molecule has 38 nitrogen and oxygen atoms in total. The van der Waals surface area contributed by atoms with E-state index in [1.165, 1.54) is 12.1 Å². The fourth-order valence-corrected chi connectivity index (χ4v) is 11.3. The number of phenolic OH excluding ortho intramolecular Hbond substituents is 1. The zero-order valence-electron chi connectivity index (χ0n) is 64.5. The van der Waals surface area contributed by atoms with Crippen molar-refractivity contribution in [3.05, 3.63) is 102 Å². The van der Waals surface area contributed by atoms with Gasteiger partial charge in [-0.1, -0.05) is 114 Å². The van der Waals surface area contributed by atoms with Gasteiger partial charge in [0.25, 0.3) is 0 Å². The Balaban J connectivity index is 2.00. The number of nitrogens with one attached hydrogen (secondary N) is 12. The van der Waals surface area contributed by atoms with Crippen LogP contribution in [0.4, 0.5) is 0 Å². The van der Waals surface area contributed by atoms with Crippen LogP contribution in [0.2, 0.25) is 0 Å². The van der Waals surface area contributed by atoms with Crippen LogP contribution < -0.4 is 104 Å². The number of carbonyl (C=O) groups excluding carboxylic acids is 13. The molecule has 618 valence electrons. The third-order valence-electron chi connectivity index (χ3n) is 17.4. The fourth-order valence-electron chi connectivity index (χ4n) is 11.3. The largest absolute Gasteiger partial charge is 0.508 e. The molecule has 0 saturated carbocycles. The van der Waals surface area contributed by atoms with Crippen molar-refractivity contribution >= 4 is 94.7 Å². The summed E-state index contributed by atoms with van der Waals surface area (Å²) in [5, 5.41) is 60.0. The van der Waals surface area contributed by atoms with Crippen LogP contribution in [0.5, 0.6) is 5.75 Å². The van der Waals surface area contributed by atoms with Gasteiger partial charge in [-0.25, -0.2) is 4.79 Å². The minimum absolute atomic E-state index is 0.0000726. The fraction of sp³-hybridized carbons (Fsp3) is 0.541. The van der Waals surface area contributed by atoms with Crippen LogP contribution in [0.15, 0.2) is 94.9 Å². The average molecular weight is 1570 g/mol. The number of amides is 13. The number of aliphatic imine (C=N–C) groups is 2. The number of rotatable bonds is 51. The first-order valence-corrected chi connectivity index (χ1v) is 37.1. The Morgan fingerprint density at radius 1 is 0.402 bits per heavy atom. The first-order chi connectivity index (χ1) is 52.9. The molecule has 3 aromatic rings. The molecule has 0 aromatic heterocycles. The lowest BCUT2D eigenvalue weighted by molar-refractivity contribution is -0.145. The van der Waals surface area contributed by atoms with Gasteiger partial charge in [0.1, 0.15) is 60.1 Å². The lowest BCUT2D eigenvalue weighted by Gasteiger charge is -2.30. The van der Waals surface area contributed by atoms with Crippen LogP contribution in [0, 0.1) is 17.8 Å². The molecule has 0 aliphatic rings. The molecule has 112 heavy (non-hydrogen) atoms. The molecule has 0 fully saturated rings. The van der Waals surface area contributed by atoms with Gasteiger partial charge in [-0.2, -0.15) is 0 Å². The van der Waals surface area contributed by atoms with E-state index in [1.807, 2.05) is 0 Å². The van der Waals surface area contributed by atoms with Crippen LogP contribution >= 0.6 is 0 Å². The number of unbranched alkanes of at least 4 members (excludes halogenated alkanes) is 1. The molecule has 0 unspecified atom stereocenters. The Hall–Kier alpha value is -11.5. The standard InChI is InChI=1S/C74H115N21O17/c1-40(2)34-53(91-68(107)54(36-44-18-10-8-11-19-44)86-58(100)39-84-57(99)38-85-62(101)48(76)35-46-25-27-47(97)28-26-46)67(106)89-51(24-17-33-83-74(80)81)63(102)87-50(23-16-32-82-73(78)79)64(103)90-52(29-30-56(77)98)65(104)92-55(37-45-20-12-9-13-21-45)69(108)88-49(22-14-15-31-75)66(105)93-59(41(3)4)70(109)94-60(42(5)6)71(110)95-61(43(7)96)72(111)112/h8-13,18-21,25-28,40-43,48-55,59-61,96-97H,14-17,22-24,29-39,75-76H2,1-7H3,(H2,77,98)(H,84,99)(H,85,101)(H,86,100)(H,87,102)(H,88,108)(H,89,106)(H,90,103)(H,91,107)(H,92,104)(H,93,105)(H,94,109)(H,95,110)(H,111,112)(H4,78,79,82)(H4,80,81,83)/t43-,48-,49-,50-,51-,52-,53-,54-,55-,59-,60-,61-/m0/s1. The number of aliphatic carboxylic acids is 1. The average Bonchev–Trinajstić information content (AvgIpc) is 0.853. The van der Waals surface area contributed by atoms with Gasteiger partial charge in [0.05, 0.1) is 25.2 Å². The number of aliphatic hydroxyl groups excluding tert-OH is 1. The number of carboxylic acids is 1. The SMILES string of the molecule is CC(C)C[C@H](NC(=O)[C@H](Cc1ccccc1)NC(=O)CNC(=O)CNC(=O)[C@@H](N)Cc1ccc(O)cc1)C(=O)N[C@@H](CCCN=C(N)N)C(=O)N[C@@H](CCCN=C(N)N)C(=O)N[C@@H](CCC(N)=O)C(=O)N[C@@H](Cc1ccccc1)C(=O)N[C@@H](CCCCN)C(=O)N[C@H](C(=O)N[C@H](C(=O)N[C@H](C(=O)O)[C@H](C)O)C(C)C)C(C)C. The summed E-state index contributed by atoms with van der Waals surface area (Å²) in [5.41, 5.74) is 41.7. The Bertz CT molecular complexity index is 3650. The van der Waals surface area contributed by atoms with Crippen molar-refractivity contribution in [2.45, 2.75) is 205 Å². The van der Waals surface area contributed by atoms with E-state index in [-0.39, 0.29) is 107 Å². The molecular formula is C74H115N21O17. The smallest absolute Gasteiger partial charge is 0.328 e. The number of primary amides is 1. The van der Waals surface area contributed by atoms with Gasteiger partial charge in [-0.15, -0.1) is 0 Å². The molecule has 38 heteroatoms. The van der Waals surface area contributed by atoms with Crippen molar-refractivity contribution in [2.75, 3.05) is 32.7 Å². The van der Waals surface area contributed by atoms with Crippen LogP contribution in [-0.4, -0.2) is 215 Å². The van der Waals surface area contributed by atoms with E-state index in [4.69, 9.17) is 40.1 Å². The Morgan fingerprint density at radius 3 is 1.20 bits per heavy atom. The predicted molar refractivity (Wildman–Crippen MR) is 415 cm³/mol. The highest BCUT2D eigenvalue weighted by molar-refractivity contribution is 6.00. The molecule has 3 aromatic carbocycles. The van der Waals surface area contributed by atoms with Crippen LogP contribution in [-0.2, 0) is 86.4 Å². The molecule has 0 aliphatic carbocycles. The summed E-state index contributed by atoms with van der Waals surface area (Å²) in [6, 6.07) is 6.77. The van der Waals surface area contributed by atoms with E-state index < -0.39 is 193 Å². The second kappa shape index (κ2) is 49.6. The predicted octanol–water partition coefficient (Wildman–Crippen LogP) is -4.85. The highest BCUT2D eigenvalue weighted by Crippen LogP contribution is 2.16. The number of aromatic hydroxyl groups is 1. The summed E-state index contributed by atoms with van der Waals surface area (Å²) in [6.07, 6.45) is -2.63. The Labute approximate surface area is 650 Å². The van der Waals surface area contributed by atoms with E-state index in [1.54, 1.807) is 114 Å². The molecule has 0 heterocycles. The number of phenols is 1. The van der Waals surface area contributed by atoms with Crippen molar-refractivity contribution < 1.29 is 82.4 Å². The number of carbonyl (C=O) groups is 14. The van der Waals surface area contributed by atoms with E-state index >= 15 is 0 Å². The molecule has 12 atom stereocenters. The zero-order chi connectivity index (χ0) is 83.7. The number of nitrogens with zero attached hydrogens (tertiary/aromatic N) is 2. The normalized spacial score (nSPS) is 14.3. The van der Waals surface area contributed by atoms with E-state index in [2.05, 4.69) is 73.8 Å². The van der Waals surface area contributed by atoms with E-state index in [0.717, 1.165) is 6.92 Å². The molecule has 0 aliphatic heterocycles. The molecule has 0 saturated heterocycles. The molecule has 3 rings (SSSR count). The number of carboxylic acid groups (broad SMARTS) is 1. The summed E-state index contributed by atoms with van der Waals surface area (Å²) in [5.74, 6) is -15.3. The third-order valence-corrected chi connectivity index (χ3v) is 17.4. The van der Waals surface area contributed by atoms with E-state index in [0.29, 0.717) is 23.1 Å². The molecular weight excluding hydrogens is 1450 g/mol. The summed E-state index contributed by atoms with van der Waals surface area (Å²) < 4.78 is 0. The highest BCUT2D eigenvalue weighted by atomic mass is 16.4. The minimum atomic E-state index is -1.72. The van der Waals surface area contributed by atoms with Crippen molar-refractivity contribution in [1.82, 2.24) is 63.8 Å². The molecule has 0 bridgehead atoms. The second-order valence-electron chi connectivity index (χ2n) is 28.2. The maximum absolute atomic E-state index is 14.9. The summed E-state index contributed by atoms with van der Waals surface area (Å²) in [6.45, 7) is 9.84. The van der Waals surface area contributed by atoms with Crippen LogP contribution in [0.3, 0.4) is 0 Å². The highest BCUT2D eigenvalue weighted by Gasteiger charge is 2.38. The van der Waals surface area contributed by atoms with Gasteiger partial charge >= 0.3 is 5.97 Å².